The summed E-state index contributed by atoms with van der Waals surface area (Å²) in [6.07, 6.45) is 5.50. The molecular formula is C25H32N2O6. The van der Waals surface area contributed by atoms with E-state index in [4.69, 9.17) is 9.47 Å². The van der Waals surface area contributed by atoms with E-state index in [1.807, 2.05) is 0 Å². The van der Waals surface area contributed by atoms with Gasteiger partial charge < -0.3 is 14.4 Å². The Balaban J connectivity index is 1.70. The van der Waals surface area contributed by atoms with Crippen molar-refractivity contribution < 1.29 is 28.7 Å². The topological polar surface area (TPSA) is 93.2 Å². The van der Waals surface area contributed by atoms with Crippen LogP contribution in [0.4, 0.5) is 0 Å². The molecule has 0 radical (unpaired) electrons. The first-order chi connectivity index (χ1) is 15.9. The predicted molar refractivity (Wildman–Crippen MR) is 119 cm³/mol. The SMILES string of the molecule is COC(=O)[C@H]1CCCCN1C(=O)C[C@]1(c2cccc(OC)c2)CC(=O)N(C2CCCC2)C1=O. The minimum atomic E-state index is -1.30. The van der Waals surface area contributed by atoms with E-state index in [1.165, 1.54) is 24.0 Å². The van der Waals surface area contributed by atoms with Gasteiger partial charge in [-0.3, -0.25) is 19.3 Å². The first kappa shape index (κ1) is 23.3. The van der Waals surface area contributed by atoms with E-state index >= 15 is 0 Å². The van der Waals surface area contributed by atoms with Crippen LogP contribution in [-0.2, 0) is 29.3 Å². The third-order valence-corrected chi connectivity index (χ3v) is 7.41. The van der Waals surface area contributed by atoms with Gasteiger partial charge in [0.25, 0.3) is 0 Å². The molecule has 2 aliphatic heterocycles. The summed E-state index contributed by atoms with van der Waals surface area (Å²) in [5.41, 5.74) is -0.704. The standard InChI is InChI=1S/C25H32N2O6/c1-32-19-11-7-8-17(14-19)25(16-22(29)27(24(25)31)18-9-3-4-10-18)15-21(28)26-13-6-5-12-20(26)23(30)33-2/h7-8,11,14,18,20H,3-6,9-10,12-13,15-16H2,1-2H3/t20-,25-/m1/s1. The Bertz CT molecular complexity index is 941. The zero-order valence-corrected chi connectivity index (χ0v) is 19.4. The average Bonchev–Trinajstić information content (AvgIpc) is 3.45. The molecule has 1 aromatic carbocycles. The summed E-state index contributed by atoms with van der Waals surface area (Å²) in [5, 5.41) is 0. The summed E-state index contributed by atoms with van der Waals surface area (Å²) in [6.45, 7) is 0.432. The van der Waals surface area contributed by atoms with E-state index in [2.05, 4.69) is 0 Å². The molecule has 2 atom stereocenters. The fourth-order valence-corrected chi connectivity index (χ4v) is 5.65. The average molecular weight is 457 g/mol. The summed E-state index contributed by atoms with van der Waals surface area (Å²) in [7, 11) is 2.86. The van der Waals surface area contributed by atoms with Crippen molar-refractivity contribution in [2.45, 2.75) is 75.3 Å². The predicted octanol–water partition coefficient (Wildman–Crippen LogP) is 2.58. The quantitative estimate of drug-likeness (QED) is 0.483. The van der Waals surface area contributed by atoms with Crippen LogP contribution < -0.4 is 4.74 Å². The van der Waals surface area contributed by atoms with Gasteiger partial charge in [-0.25, -0.2) is 4.79 Å². The van der Waals surface area contributed by atoms with E-state index in [0.29, 0.717) is 24.3 Å². The van der Waals surface area contributed by atoms with Crippen molar-refractivity contribution in [3.05, 3.63) is 29.8 Å². The third kappa shape index (κ3) is 4.23. The summed E-state index contributed by atoms with van der Waals surface area (Å²) < 4.78 is 10.3. The number of methoxy groups -OCH3 is 2. The number of imide groups is 1. The van der Waals surface area contributed by atoms with Gasteiger partial charge in [0, 0.05) is 25.4 Å². The Morgan fingerprint density at radius 2 is 1.79 bits per heavy atom. The molecule has 8 heteroatoms. The Hall–Kier alpha value is -2.90. The van der Waals surface area contributed by atoms with Crippen molar-refractivity contribution in [3.8, 4) is 5.75 Å². The Labute approximate surface area is 194 Å². The van der Waals surface area contributed by atoms with Gasteiger partial charge in [-0.1, -0.05) is 25.0 Å². The second-order valence-corrected chi connectivity index (χ2v) is 9.30. The lowest BCUT2D eigenvalue weighted by molar-refractivity contribution is -0.155. The number of ether oxygens (including phenoxy) is 2. The number of nitrogens with zero attached hydrogens (tertiary/aromatic N) is 2. The van der Waals surface area contributed by atoms with E-state index < -0.39 is 17.4 Å². The zero-order chi connectivity index (χ0) is 23.6. The number of esters is 1. The van der Waals surface area contributed by atoms with Crippen molar-refractivity contribution >= 4 is 23.7 Å². The lowest BCUT2D eigenvalue weighted by atomic mass is 9.75. The van der Waals surface area contributed by atoms with Crippen LogP contribution >= 0.6 is 0 Å². The monoisotopic (exact) mass is 456 g/mol. The van der Waals surface area contributed by atoms with Gasteiger partial charge in [0.15, 0.2) is 0 Å². The molecule has 178 valence electrons. The number of piperidine rings is 1. The number of hydrogen-bond donors (Lipinski definition) is 0. The number of rotatable bonds is 6. The summed E-state index contributed by atoms with van der Waals surface area (Å²) in [6, 6.07) is 6.31. The molecule has 0 spiro atoms. The highest BCUT2D eigenvalue weighted by Crippen LogP contribution is 2.44. The number of carbonyl (C=O) groups excluding carboxylic acids is 4. The maximum atomic E-state index is 13.9. The van der Waals surface area contributed by atoms with E-state index in [9.17, 15) is 19.2 Å². The first-order valence-electron chi connectivity index (χ1n) is 11.8. The molecule has 8 nitrogen and oxygen atoms in total. The molecule has 2 saturated heterocycles. The van der Waals surface area contributed by atoms with E-state index in [0.717, 1.165) is 38.5 Å². The van der Waals surface area contributed by atoms with Crippen LogP contribution in [0.2, 0.25) is 0 Å². The molecule has 0 N–H and O–H groups in total. The van der Waals surface area contributed by atoms with Crippen molar-refractivity contribution in [1.29, 1.82) is 0 Å². The fourth-order valence-electron chi connectivity index (χ4n) is 5.65. The number of likely N-dealkylation sites (tertiary alicyclic amines) is 2. The van der Waals surface area contributed by atoms with Crippen molar-refractivity contribution in [3.63, 3.8) is 0 Å². The molecule has 0 aromatic heterocycles. The fraction of sp³-hybridized carbons (Fsp3) is 0.600. The highest BCUT2D eigenvalue weighted by molar-refractivity contribution is 6.11. The van der Waals surface area contributed by atoms with Gasteiger partial charge in [-0.05, 0) is 49.8 Å². The van der Waals surface area contributed by atoms with Crippen molar-refractivity contribution in [2.75, 3.05) is 20.8 Å². The summed E-state index contributed by atoms with van der Waals surface area (Å²) in [5.74, 6) is -0.732. The van der Waals surface area contributed by atoms with Crippen LogP contribution in [0.5, 0.6) is 5.75 Å². The van der Waals surface area contributed by atoms with Gasteiger partial charge >= 0.3 is 5.97 Å². The maximum absolute atomic E-state index is 13.9. The highest BCUT2D eigenvalue weighted by Gasteiger charge is 2.56. The van der Waals surface area contributed by atoms with Crippen molar-refractivity contribution in [2.24, 2.45) is 0 Å². The number of hydrogen-bond acceptors (Lipinski definition) is 6. The minimum Gasteiger partial charge on any atom is -0.497 e. The largest absolute Gasteiger partial charge is 0.497 e. The molecule has 3 fully saturated rings. The van der Waals surface area contributed by atoms with Gasteiger partial charge in [0.05, 0.1) is 19.6 Å². The molecule has 2 heterocycles. The Morgan fingerprint density at radius 3 is 2.48 bits per heavy atom. The minimum absolute atomic E-state index is 0.0576. The molecule has 1 aliphatic carbocycles. The summed E-state index contributed by atoms with van der Waals surface area (Å²) >= 11 is 0. The molecule has 3 aliphatic rings. The zero-order valence-electron chi connectivity index (χ0n) is 19.4. The van der Waals surface area contributed by atoms with Gasteiger partial charge in [-0.2, -0.15) is 0 Å². The van der Waals surface area contributed by atoms with Crippen molar-refractivity contribution in [1.82, 2.24) is 9.80 Å². The molecule has 0 unspecified atom stereocenters. The van der Waals surface area contributed by atoms with Gasteiger partial charge in [0.2, 0.25) is 17.7 Å². The molecule has 4 rings (SSSR count). The number of benzene rings is 1. The molecule has 0 bridgehead atoms. The van der Waals surface area contributed by atoms with Crippen LogP contribution in [0.15, 0.2) is 24.3 Å². The second kappa shape index (κ2) is 9.53. The van der Waals surface area contributed by atoms with Crippen LogP contribution in [-0.4, -0.2) is 66.3 Å². The van der Waals surface area contributed by atoms with E-state index in [1.54, 1.807) is 24.3 Å². The molecule has 1 saturated carbocycles. The van der Waals surface area contributed by atoms with Crippen LogP contribution in [0.25, 0.3) is 0 Å². The lowest BCUT2D eigenvalue weighted by Crippen LogP contribution is -2.51. The van der Waals surface area contributed by atoms with Gasteiger partial charge in [0.1, 0.15) is 11.8 Å². The molecule has 33 heavy (non-hydrogen) atoms. The molecule has 1 aromatic rings. The normalized spacial score (nSPS) is 26.1. The van der Waals surface area contributed by atoms with Gasteiger partial charge in [-0.15, -0.1) is 0 Å². The smallest absolute Gasteiger partial charge is 0.328 e. The Morgan fingerprint density at radius 1 is 1.06 bits per heavy atom. The molecule has 3 amide bonds. The summed E-state index contributed by atoms with van der Waals surface area (Å²) in [4.78, 5) is 56.0. The Kier molecular flexibility index (Phi) is 6.72. The first-order valence-corrected chi connectivity index (χ1v) is 11.8. The third-order valence-electron chi connectivity index (χ3n) is 7.41. The van der Waals surface area contributed by atoms with E-state index in [-0.39, 0.29) is 36.6 Å². The second-order valence-electron chi connectivity index (χ2n) is 9.30. The highest BCUT2D eigenvalue weighted by atomic mass is 16.5. The van der Waals surface area contributed by atoms with Crippen LogP contribution in [0.3, 0.4) is 0 Å². The number of carbonyl (C=O) groups is 4. The number of amides is 3. The maximum Gasteiger partial charge on any atom is 0.328 e. The molecular weight excluding hydrogens is 424 g/mol. The van der Waals surface area contributed by atoms with Crippen LogP contribution in [0.1, 0.15) is 63.4 Å². The lowest BCUT2D eigenvalue weighted by Gasteiger charge is -2.36. The van der Waals surface area contributed by atoms with Crippen LogP contribution in [0, 0.1) is 0 Å².